The number of hydrogen-bond donors (Lipinski definition) is 2. The van der Waals surface area contributed by atoms with Crippen LogP contribution in [-0.2, 0) is 14.3 Å². The normalized spacial score (nSPS) is 13.7. The maximum Gasteiger partial charge on any atom is 0.224 e. The summed E-state index contributed by atoms with van der Waals surface area (Å²) in [6.07, 6.45) is 0.0177. The molecule has 2 N–H and O–H groups in total. The number of nitrogens with zero attached hydrogens (tertiary/aromatic N) is 2. The van der Waals surface area contributed by atoms with Crippen LogP contribution in [0.3, 0.4) is 0 Å². The third kappa shape index (κ3) is 5.64. The number of amides is 2. The van der Waals surface area contributed by atoms with E-state index < -0.39 is 0 Å². The number of anilines is 3. The highest BCUT2D eigenvalue weighted by molar-refractivity contribution is 5.98. The molecule has 172 valence electrons. The van der Waals surface area contributed by atoms with Crippen molar-refractivity contribution in [3.63, 3.8) is 0 Å². The van der Waals surface area contributed by atoms with Crippen LogP contribution in [0.4, 0.5) is 21.6 Å². The topological polar surface area (TPSA) is 83.6 Å². The van der Waals surface area contributed by atoms with Crippen molar-refractivity contribution in [2.24, 2.45) is 0 Å². The van der Waals surface area contributed by atoms with E-state index in [4.69, 9.17) is 9.72 Å². The summed E-state index contributed by atoms with van der Waals surface area (Å²) in [6, 6.07) is 12.1. The zero-order valence-electron chi connectivity index (χ0n) is 18.8. The predicted molar refractivity (Wildman–Crippen MR) is 127 cm³/mol. The molecule has 1 aliphatic heterocycles. The fourth-order valence-electron chi connectivity index (χ4n) is 3.75. The van der Waals surface area contributed by atoms with Gasteiger partial charge in [-0.3, -0.25) is 9.59 Å². The Balaban J connectivity index is 1.35. The summed E-state index contributed by atoms with van der Waals surface area (Å²) >= 11 is 0. The lowest BCUT2D eigenvalue weighted by atomic mass is 10.1. The Morgan fingerprint density at radius 2 is 1.58 bits per heavy atom. The molecular weight excluding hydrogens is 423 g/mol. The molecule has 0 atom stereocenters. The molecule has 2 amide bonds. The van der Waals surface area contributed by atoms with Crippen LogP contribution in [0, 0.1) is 19.7 Å². The van der Waals surface area contributed by atoms with E-state index in [9.17, 15) is 14.0 Å². The number of benzene rings is 2. The lowest BCUT2D eigenvalue weighted by Crippen LogP contribution is -2.36. The SMILES string of the molecule is Cc1ccc(NC(=O)CCC(=O)Nc2ccc3nc(N4CCOCC4)cc(C)c3c2)cc1F. The molecule has 2 aromatic carbocycles. The van der Waals surface area contributed by atoms with Crippen LogP contribution in [0.15, 0.2) is 42.5 Å². The zero-order chi connectivity index (χ0) is 23.4. The summed E-state index contributed by atoms with van der Waals surface area (Å²) in [5, 5.41) is 6.42. The van der Waals surface area contributed by atoms with Gasteiger partial charge in [-0.2, -0.15) is 0 Å². The lowest BCUT2D eigenvalue weighted by molar-refractivity contribution is -0.121. The fourth-order valence-corrected chi connectivity index (χ4v) is 3.75. The molecule has 0 unspecified atom stereocenters. The van der Waals surface area contributed by atoms with E-state index in [2.05, 4.69) is 21.6 Å². The highest BCUT2D eigenvalue weighted by Gasteiger charge is 2.15. The molecular formula is C25H27FN4O3. The van der Waals surface area contributed by atoms with Gasteiger partial charge in [0.2, 0.25) is 11.8 Å². The number of nitrogens with one attached hydrogen (secondary N) is 2. The highest BCUT2D eigenvalue weighted by Crippen LogP contribution is 2.26. The van der Waals surface area contributed by atoms with E-state index in [0.717, 1.165) is 35.4 Å². The van der Waals surface area contributed by atoms with Gasteiger partial charge < -0.3 is 20.3 Å². The molecule has 0 bridgehead atoms. The monoisotopic (exact) mass is 450 g/mol. The van der Waals surface area contributed by atoms with Crippen LogP contribution < -0.4 is 15.5 Å². The minimum atomic E-state index is -0.385. The van der Waals surface area contributed by atoms with E-state index in [0.29, 0.717) is 30.2 Å². The van der Waals surface area contributed by atoms with Gasteiger partial charge in [-0.25, -0.2) is 9.37 Å². The molecule has 1 aliphatic rings. The van der Waals surface area contributed by atoms with Crippen LogP contribution in [0.2, 0.25) is 0 Å². The first-order chi connectivity index (χ1) is 15.9. The first-order valence-electron chi connectivity index (χ1n) is 11.0. The maximum atomic E-state index is 13.6. The summed E-state index contributed by atoms with van der Waals surface area (Å²) in [4.78, 5) is 31.5. The molecule has 3 aromatic rings. The molecule has 1 fully saturated rings. The van der Waals surface area contributed by atoms with Gasteiger partial charge in [-0.1, -0.05) is 6.07 Å². The van der Waals surface area contributed by atoms with Gasteiger partial charge in [0.15, 0.2) is 0 Å². The van der Waals surface area contributed by atoms with Crippen LogP contribution in [0.5, 0.6) is 0 Å². The summed E-state index contributed by atoms with van der Waals surface area (Å²) in [5.41, 5.74) is 3.46. The minimum Gasteiger partial charge on any atom is -0.378 e. The van der Waals surface area contributed by atoms with Crippen molar-refractivity contribution in [3.05, 3.63) is 59.4 Å². The number of ether oxygens (including phenoxy) is 1. The molecule has 0 saturated carbocycles. The number of halogens is 1. The Morgan fingerprint density at radius 3 is 2.24 bits per heavy atom. The smallest absolute Gasteiger partial charge is 0.224 e. The Bertz CT molecular complexity index is 1190. The fraction of sp³-hybridized carbons (Fsp3) is 0.320. The second kappa shape index (κ2) is 9.95. The second-order valence-electron chi connectivity index (χ2n) is 8.19. The van der Waals surface area contributed by atoms with Crippen LogP contribution in [-0.4, -0.2) is 43.1 Å². The molecule has 0 aliphatic carbocycles. The largest absolute Gasteiger partial charge is 0.378 e. The number of carbonyl (C=O) groups excluding carboxylic acids is 2. The highest BCUT2D eigenvalue weighted by atomic mass is 19.1. The molecule has 1 saturated heterocycles. The van der Waals surface area contributed by atoms with E-state index in [1.54, 1.807) is 19.1 Å². The molecule has 1 aromatic heterocycles. The number of hydrogen-bond acceptors (Lipinski definition) is 5. The Morgan fingerprint density at radius 1 is 0.939 bits per heavy atom. The third-order valence-electron chi connectivity index (χ3n) is 5.66. The standard InChI is InChI=1S/C25H27FN4O3/c1-16-3-4-19(15-21(16)26)28-25(32)8-7-24(31)27-18-5-6-22-20(14-18)17(2)13-23(29-22)30-9-11-33-12-10-30/h3-6,13-15H,7-12H2,1-2H3,(H,27,31)(H,28,32). The molecule has 4 rings (SSSR count). The van der Waals surface area contributed by atoms with Gasteiger partial charge >= 0.3 is 0 Å². The average Bonchev–Trinajstić information content (AvgIpc) is 2.81. The van der Waals surface area contributed by atoms with Crippen LogP contribution in [0.25, 0.3) is 10.9 Å². The van der Waals surface area contributed by atoms with Gasteiger partial charge in [0, 0.05) is 42.7 Å². The number of rotatable bonds is 6. The number of aryl methyl sites for hydroxylation is 2. The van der Waals surface area contributed by atoms with Gasteiger partial charge in [0.05, 0.1) is 18.7 Å². The average molecular weight is 451 g/mol. The molecule has 8 heteroatoms. The van der Waals surface area contributed by atoms with Crippen molar-refractivity contribution in [1.29, 1.82) is 0 Å². The Labute approximate surface area is 191 Å². The van der Waals surface area contributed by atoms with E-state index >= 15 is 0 Å². The van der Waals surface area contributed by atoms with Crippen molar-refractivity contribution in [3.8, 4) is 0 Å². The van der Waals surface area contributed by atoms with E-state index in [1.807, 2.05) is 25.1 Å². The molecule has 33 heavy (non-hydrogen) atoms. The van der Waals surface area contributed by atoms with Crippen molar-refractivity contribution in [1.82, 2.24) is 4.98 Å². The number of morpholine rings is 1. The van der Waals surface area contributed by atoms with Gasteiger partial charge in [-0.05, 0) is 61.4 Å². The first-order valence-corrected chi connectivity index (χ1v) is 11.0. The van der Waals surface area contributed by atoms with Crippen LogP contribution >= 0.6 is 0 Å². The van der Waals surface area contributed by atoms with Crippen molar-refractivity contribution in [2.75, 3.05) is 41.8 Å². The van der Waals surface area contributed by atoms with Gasteiger partial charge in [0.1, 0.15) is 11.6 Å². The Hall–Kier alpha value is -3.52. The molecule has 0 radical (unpaired) electrons. The van der Waals surface area contributed by atoms with E-state index in [1.165, 1.54) is 6.07 Å². The van der Waals surface area contributed by atoms with Crippen molar-refractivity contribution < 1.29 is 18.7 Å². The number of aromatic nitrogens is 1. The summed E-state index contributed by atoms with van der Waals surface area (Å²) in [6.45, 7) is 6.71. The summed E-state index contributed by atoms with van der Waals surface area (Å²) in [5.74, 6) is -0.0685. The molecule has 0 spiro atoms. The number of fused-ring (bicyclic) bond motifs is 1. The zero-order valence-corrected chi connectivity index (χ0v) is 18.8. The van der Waals surface area contributed by atoms with Gasteiger partial charge in [-0.15, -0.1) is 0 Å². The maximum absolute atomic E-state index is 13.6. The summed E-state index contributed by atoms with van der Waals surface area (Å²) in [7, 11) is 0. The molecule has 7 nitrogen and oxygen atoms in total. The van der Waals surface area contributed by atoms with Crippen LogP contribution in [0.1, 0.15) is 24.0 Å². The second-order valence-corrected chi connectivity index (χ2v) is 8.19. The quantitative estimate of drug-likeness (QED) is 0.589. The lowest BCUT2D eigenvalue weighted by Gasteiger charge is -2.28. The molecule has 2 heterocycles. The third-order valence-corrected chi connectivity index (χ3v) is 5.66. The number of pyridine rings is 1. The minimum absolute atomic E-state index is 0.00158. The Kier molecular flexibility index (Phi) is 6.84. The van der Waals surface area contributed by atoms with Gasteiger partial charge in [0.25, 0.3) is 0 Å². The van der Waals surface area contributed by atoms with E-state index in [-0.39, 0.29) is 30.5 Å². The van der Waals surface area contributed by atoms with Crippen molar-refractivity contribution in [2.45, 2.75) is 26.7 Å². The van der Waals surface area contributed by atoms with Crippen molar-refractivity contribution >= 4 is 39.9 Å². The summed E-state index contributed by atoms with van der Waals surface area (Å²) < 4.78 is 19.0. The predicted octanol–water partition coefficient (Wildman–Crippen LogP) is 4.18. The number of carbonyl (C=O) groups is 2. The first kappa shape index (κ1) is 22.7.